The van der Waals surface area contributed by atoms with Crippen molar-refractivity contribution in [3.8, 4) is 0 Å². The number of rotatable bonds is 1. The molecule has 1 aromatic heterocycles. The monoisotopic (exact) mass is 157 g/mol. The van der Waals surface area contributed by atoms with Gasteiger partial charge in [0, 0.05) is 6.20 Å². The number of hydrogen-bond donors (Lipinski definition) is 0. The van der Waals surface area contributed by atoms with Gasteiger partial charge in [0.1, 0.15) is 0 Å². The van der Waals surface area contributed by atoms with Crippen LogP contribution in [0.5, 0.6) is 0 Å². The molecule has 1 nitrogen and oxygen atoms in total. The molecule has 1 heterocycles. The van der Waals surface area contributed by atoms with Gasteiger partial charge in [-0.05, 0) is 18.4 Å². The Kier molecular flexibility index (Phi) is 8.07. The highest BCUT2D eigenvalue weighted by atomic mass is 32.2. The van der Waals surface area contributed by atoms with Gasteiger partial charge >= 0.3 is 0 Å². The van der Waals surface area contributed by atoms with Gasteiger partial charge in [-0.3, -0.25) is 0 Å². The van der Waals surface area contributed by atoms with E-state index in [-0.39, 0.29) is 14.9 Å². The van der Waals surface area contributed by atoms with Gasteiger partial charge in [0.25, 0.3) is 0 Å². The van der Waals surface area contributed by atoms with Gasteiger partial charge in [-0.25, -0.2) is 4.98 Å². The Morgan fingerprint density at radius 1 is 1.30 bits per heavy atom. The summed E-state index contributed by atoms with van der Waals surface area (Å²) in [5, 5.41) is 1.08. The van der Waals surface area contributed by atoms with Crippen molar-refractivity contribution in [2.75, 3.05) is 6.26 Å². The van der Waals surface area contributed by atoms with Crippen LogP contribution in [0.3, 0.4) is 0 Å². The lowest BCUT2D eigenvalue weighted by Crippen LogP contribution is -1.71. The van der Waals surface area contributed by atoms with Gasteiger partial charge in [0.15, 0.2) is 0 Å². The van der Waals surface area contributed by atoms with E-state index < -0.39 is 0 Å². The summed E-state index contributed by atoms with van der Waals surface area (Å²) >= 11 is 1.66. The predicted octanol–water partition coefficient (Wildman–Crippen LogP) is 3.08. The van der Waals surface area contributed by atoms with Crippen LogP contribution in [-0.2, 0) is 0 Å². The smallest absolute Gasteiger partial charge is 0.0957 e. The van der Waals surface area contributed by atoms with Crippen molar-refractivity contribution in [2.24, 2.45) is 0 Å². The Labute approximate surface area is 67.9 Å². The van der Waals surface area contributed by atoms with E-state index in [1.807, 2.05) is 24.5 Å². The molecule has 0 fully saturated rings. The molecule has 1 aromatic rings. The highest BCUT2D eigenvalue weighted by Gasteiger charge is 1.82. The van der Waals surface area contributed by atoms with Crippen LogP contribution in [0.25, 0.3) is 0 Å². The van der Waals surface area contributed by atoms with Crippen molar-refractivity contribution in [1.29, 1.82) is 0 Å². The molecule has 1 rings (SSSR count). The topological polar surface area (TPSA) is 12.9 Å². The molecule has 0 bridgehead atoms. The normalized spacial score (nSPS) is 7.30. The molecule has 0 spiro atoms. The van der Waals surface area contributed by atoms with Crippen molar-refractivity contribution >= 4 is 11.8 Å². The third kappa shape index (κ3) is 3.51. The van der Waals surface area contributed by atoms with Gasteiger partial charge < -0.3 is 0 Å². The van der Waals surface area contributed by atoms with E-state index in [4.69, 9.17) is 0 Å². The van der Waals surface area contributed by atoms with E-state index >= 15 is 0 Å². The second kappa shape index (κ2) is 6.62. The van der Waals surface area contributed by atoms with Crippen molar-refractivity contribution in [1.82, 2.24) is 4.98 Å². The second-order valence-electron chi connectivity index (χ2n) is 1.37. The third-order valence-electron chi connectivity index (χ3n) is 0.847. The summed E-state index contributed by atoms with van der Waals surface area (Å²) in [6.45, 7) is 0. The second-order valence-corrected chi connectivity index (χ2v) is 2.20. The van der Waals surface area contributed by atoms with Crippen LogP contribution < -0.4 is 0 Å². The van der Waals surface area contributed by atoms with Crippen LogP contribution in [0.4, 0.5) is 0 Å². The molecule has 0 aliphatic rings. The zero-order valence-corrected chi connectivity index (χ0v) is 5.48. The number of pyridine rings is 1. The fourth-order valence-corrected chi connectivity index (χ4v) is 0.849. The van der Waals surface area contributed by atoms with Crippen LogP contribution in [-0.4, -0.2) is 11.2 Å². The fourth-order valence-electron chi connectivity index (χ4n) is 0.468. The molecular weight excluding hydrogens is 142 g/mol. The maximum Gasteiger partial charge on any atom is 0.0957 e. The van der Waals surface area contributed by atoms with Gasteiger partial charge in [0.2, 0.25) is 0 Å². The Balaban J connectivity index is 0. The van der Waals surface area contributed by atoms with Gasteiger partial charge in [0.05, 0.1) is 5.03 Å². The Hall–Kier alpha value is -0.500. The van der Waals surface area contributed by atoms with Crippen molar-refractivity contribution in [2.45, 2.75) is 19.9 Å². The molecular formula is C8H15NS. The van der Waals surface area contributed by atoms with Crippen LogP contribution in [0, 0.1) is 0 Å². The summed E-state index contributed by atoms with van der Waals surface area (Å²) in [6, 6.07) is 5.89. The van der Waals surface area contributed by atoms with E-state index in [0.29, 0.717) is 0 Å². The molecule has 0 unspecified atom stereocenters. The summed E-state index contributed by atoms with van der Waals surface area (Å²) in [6.07, 6.45) is 3.81. The van der Waals surface area contributed by atoms with Crippen molar-refractivity contribution in [3.05, 3.63) is 24.4 Å². The molecule has 0 aromatic carbocycles. The van der Waals surface area contributed by atoms with Gasteiger partial charge in [-0.1, -0.05) is 20.9 Å². The largest absolute Gasteiger partial charge is 0.250 e. The average Bonchev–Trinajstić information content (AvgIpc) is 1.90. The zero-order chi connectivity index (χ0) is 5.82. The molecule has 0 aliphatic heterocycles. The van der Waals surface area contributed by atoms with Crippen LogP contribution >= 0.6 is 11.8 Å². The van der Waals surface area contributed by atoms with Gasteiger partial charge in [-0.2, -0.15) is 0 Å². The minimum absolute atomic E-state index is 0. The lowest BCUT2D eigenvalue weighted by Gasteiger charge is -1.88. The maximum atomic E-state index is 4.06. The molecule has 0 atom stereocenters. The van der Waals surface area contributed by atoms with E-state index in [9.17, 15) is 0 Å². The molecule has 0 saturated carbocycles. The Morgan fingerprint density at radius 3 is 2.30 bits per heavy atom. The number of hydrogen-bond acceptors (Lipinski definition) is 2. The van der Waals surface area contributed by atoms with E-state index in [1.165, 1.54) is 0 Å². The molecule has 58 valence electrons. The quantitative estimate of drug-likeness (QED) is 0.581. The first-order valence-corrected chi connectivity index (χ1v) is 3.61. The highest BCUT2D eigenvalue weighted by Crippen LogP contribution is 2.07. The Bertz CT molecular complexity index is 151. The molecule has 0 saturated heterocycles. The summed E-state index contributed by atoms with van der Waals surface area (Å²) in [5.74, 6) is 0. The minimum Gasteiger partial charge on any atom is -0.250 e. The fraction of sp³-hybridized carbons (Fsp3) is 0.375. The predicted molar refractivity (Wildman–Crippen MR) is 49.5 cm³/mol. The lowest BCUT2D eigenvalue weighted by atomic mass is 10.5. The molecule has 0 N–H and O–H groups in total. The maximum absolute atomic E-state index is 4.06. The number of thioether (sulfide) groups is 1. The van der Waals surface area contributed by atoms with Crippen LogP contribution in [0.1, 0.15) is 14.9 Å². The standard InChI is InChI=1S/C6H7NS.2CH4/c1-8-6-4-2-3-5-7-6;;/h2-5H,1H3;2*1H4. The lowest BCUT2D eigenvalue weighted by molar-refractivity contribution is 1.14. The SMILES string of the molecule is C.C.CSc1ccccn1. The summed E-state index contributed by atoms with van der Waals surface area (Å²) in [4.78, 5) is 4.06. The molecule has 0 aliphatic carbocycles. The first-order chi connectivity index (χ1) is 3.93. The van der Waals surface area contributed by atoms with Crippen molar-refractivity contribution < 1.29 is 0 Å². The third-order valence-corrected chi connectivity index (χ3v) is 1.51. The zero-order valence-electron chi connectivity index (χ0n) is 4.66. The summed E-state index contributed by atoms with van der Waals surface area (Å²) in [5.41, 5.74) is 0. The summed E-state index contributed by atoms with van der Waals surface area (Å²) in [7, 11) is 0. The first-order valence-electron chi connectivity index (χ1n) is 2.38. The van der Waals surface area contributed by atoms with Crippen molar-refractivity contribution in [3.63, 3.8) is 0 Å². The molecule has 10 heavy (non-hydrogen) atoms. The van der Waals surface area contributed by atoms with Crippen LogP contribution in [0.15, 0.2) is 29.4 Å². The number of nitrogens with zero attached hydrogens (tertiary/aromatic N) is 1. The number of aromatic nitrogens is 1. The van der Waals surface area contributed by atoms with E-state index in [0.717, 1.165) is 5.03 Å². The Morgan fingerprint density at radius 2 is 2.00 bits per heavy atom. The van der Waals surface area contributed by atoms with Crippen LogP contribution in [0.2, 0.25) is 0 Å². The molecule has 0 amide bonds. The highest BCUT2D eigenvalue weighted by molar-refractivity contribution is 7.98. The average molecular weight is 157 g/mol. The van der Waals surface area contributed by atoms with E-state index in [1.54, 1.807) is 18.0 Å². The van der Waals surface area contributed by atoms with E-state index in [2.05, 4.69) is 4.98 Å². The minimum atomic E-state index is 0. The molecule has 2 heteroatoms. The molecule has 0 radical (unpaired) electrons. The summed E-state index contributed by atoms with van der Waals surface area (Å²) < 4.78 is 0. The van der Waals surface area contributed by atoms with Gasteiger partial charge in [-0.15, -0.1) is 11.8 Å². The first kappa shape index (κ1) is 12.2.